The van der Waals surface area contributed by atoms with Crippen LogP contribution in [0.15, 0.2) is 18.2 Å². The Kier molecular flexibility index (Phi) is 4.11. The van der Waals surface area contributed by atoms with E-state index in [4.69, 9.17) is 10.8 Å². The summed E-state index contributed by atoms with van der Waals surface area (Å²) >= 11 is 0. The molecule has 1 aromatic carbocycles. The number of benzene rings is 1. The van der Waals surface area contributed by atoms with Crippen LogP contribution in [0, 0.1) is 13.8 Å². The Morgan fingerprint density at radius 3 is 2.31 bits per heavy atom. The van der Waals surface area contributed by atoms with Gasteiger partial charge in [-0.25, -0.2) is 0 Å². The largest absolute Gasteiger partial charge is 0.396 e. The molecular formula is C14H23NO. The van der Waals surface area contributed by atoms with Crippen molar-refractivity contribution in [3.05, 3.63) is 34.9 Å². The third-order valence-electron chi connectivity index (χ3n) is 3.25. The zero-order chi connectivity index (χ0) is 12.3. The van der Waals surface area contributed by atoms with Gasteiger partial charge in [-0.2, -0.15) is 0 Å². The summed E-state index contributed by atoms with van der Waals surface area (Å²) in [6.45, 7) is 8.43. The molecule has 0 heterocycles. The van der Waals surface area contributed by atoms with Gasteiger partial charge in [0.05, 0.1) is 0 Å². The Bertz CT molecular complexity index is 352. The Balaban J connectivity index is 3.06. The summed E-state index contributed by atoms with van der Waals surface area (Å²) in [4.78, 5) is 0. The minimum atomic E-state index is -0.301. The van der Waals surface area contributed by atoms with Crippen LogP contribution in [-0.4, -0.2) is 17.3 Å². The molecule has 0 amide bonds. The van der Waals surface area contributed by atoms with Crippen LogP contribution >= 0.6 is 0 Å². The van der Waals surface area contributed by atoms with E-state index in [9.17, 15) is 0 Å². The van der Waals surface area contributed by atoms with E-state index in [1.165, 1.54) is 16.7 Å². The predicted molar refractivity (Wildman–Crippen MR) is 68.6 cm³/mol. The topological polar surface area (TPSA) is 46.2 Å². The van der Waals surface area contributed by atoms with Gasteiger partial charge in [0.2, 0.25) is 0 Å². The van der Waals surface area contributed by atoms with E-state index in [0.717, 1.165) is 0 Å². The molecule has 90 valence electrons. The first-order chi connectivity index (χ1) is 7.36. The van der Waals surface area contributed by atoms with Crippen LogP contribution < -0.4 is 5.73 Å². The Morgan fingerprint density at radius 2 is 1.88 bits per heavy atom. The number of aliphatic hydroxyl groups is 1. The van der Waals surface area contributed by atoms with E-state index in [0.29, 0.717) is 6.42 Å². The van der Waals surface area contributed by atoms with Crippen molar-refractivity contribution in [3.63, 3.8) is 0 Å². The fourth-order valence-electron chi connectivity index (χ4n) is 2.08. The van der Waals surface area contributed by atoms with E-state index in [-0.39, 0.29) is 18.1 Å². The molecule has 0 radical (unpaired) electrons. The van der Waals surface area contributed by atoms with E-state index in [1.807, 2.05) is 13.8 Å². The zero-order valence-corrected chi connectivity index (χ0v) is 10.7. The van der Waals surface area contributed by atoms with Crippen molar-refractivity contribution in [1.82, 2.24) is 0 Å². The highest BCUT2D eigenvalue weighted by molar-refractivity contribution is 5.33. The molecule has 0 aromatic heterocycles. The van der Waals surface area contributed by atoms with Gasteiger partial charge in [-0.1, -0.05) is 18.2 Å². The maximum absolute atomic E-state index is 9.13. The van der Waals surface area contributed by atoms with Gasteiger partial charge < -0.3 is 10.8 Å². The first kappa shape index (κ1) is 13.2. The van der Waals surface area contributed by atoms with Crippen molar-refractivity contribution >= 4 is 0 Å². The molecule has 0 fully saturated rings. The SMILES string of the molecule is Cc1ccc(C(CCO)C(C)(C)N)cc1C. The summed E-state index contributed by atoms with van der Waals surface area (Å²) in [5.74, 6) is 0.205. The molecular weight excluding hydrogens is 198 g/mol. The van der Waals surface area contributed by atoms with Gasteiger partial charge in [0, 0.05) is 18.1 Å². The van der Waals surface area contributed by atoms with Crippen LogP contribution in [0.4, 0.5) is 0 Å². The molecule has 1 aromatic rings. The zero-order valence-electron chi connectivity index (χ0n) is 10.7. The molecule has 1 atom stereocenters. The molecule has 2 nitrogen and oxygen atoms in total. The molecule has 16 heavy (non-hydrogen) atoms. The number of hydrogen-bond donors (Lipinski definition) is 2. The minimum Gasteiger partial charge on any atom is -0.396 e. The molecule has 0 saturated heterocycles. The molecule has 1 unspecified atom stereocenters. The standard InChI is InChI=1S/C14H23NO/c1-10-5-6-12(9-11(10)2)13(7-8-16)14(3,4)15/h5-6,9,13,16H,7-8,15H2,1-4H3. The summed E-state index contributed by atoms with van der Waals surface area (Å²) in [6, 6.07) is 6.43. The quantitative estimate of drug-likeness (QED) is 0.820. The van der Waals surface area contributed by atoms with Crippen LogP contribution in [0.1, 0.15) is 42.9 Å². The van der Waals surface area contributed by atoms with E-state index in [2.05, 4.69) is 32.0 Å². The molecule has 3 N–H and O–H groups in total. The van der Waals surface area contributed by atoms with Crippen LogP contribution in [0.3, 0.4) is 0 Å². The molecule has 0 bridgehead atoms. The van der Waals surface area contributed by atoms with Gasteiger partial charge >= 0.3 is 0 Å². The summed E-state index contributed by atoms with van der Waals surface area (Å²) in [7, 11) is 0. The number of aryl methyl sites for hydroxylation is 2. The van der Waals surface area contributed by atoms with Crippen molar-refractivity contribution in [2.24, 2.45) is 5.73 Å². The van der Waals surface area contributed by atoms with E-state index >= 15 is 0 Å². The van der Waals surface area contributed by atoms with Crippen molar-refractivity contribution in [2.45, 2.75) is 45.6 Å². The number of rotatable bonds is 4. The van der Waals surface area contributed by atoms with E-state index < -0.39 is 0 Å². The van der Waals surface area contributed by atoms with Gasteiger partial charge in [0.25, 0.3) is 0 Å². The molecule has 1 rings (SSSR count). The second-order valence-corrected chi connectivity index (χ2v) is 5.23. The van der Waals surface area contributed by atoms with Gasteiger partial charge in [0.15, 0.2) is 0 Å². The van der Waals surface area contributed by atoms with Crippen LogP contribution in [0.25, 0.3) is 0 Å². The van der Waals surface area contributed by atoms with Crippen molar-refractivity contribution in [1.29, 1.82) is 0 Å². The van der Waals surface area contributed by atoms with Crippen molar-refractivity contribution in [2.75, 3.05) is 6.61 Å². The number of hydrogen-bond acceptors (Lipinski definition) is 2. The highest BCUT2D eigenvalue weighted by Crippen LogP contribution is 2.30. The average Bonchev–Trinajstić information content (AvgIpc) is 2.17. The first-order valence-corrected chi connectivity index (χ1v) is 5.83. The van der Waals surface area contributed by atoms with Crippen LogP contribution in [-0.2, 0) is 0 Å². The van der Waals surface area contributed by atoms with Crippen molar-refractivity contribution in [3.8, 4) is 0 Å². The van der Waals surface area contributed by atoms with Crippen LogP contribution in [0.2, 0.25) is 0 Å². The molecule has 0 aliphatic carbocycles. The fourth-order valence-corrected chi connectivity index (χ4v) is 2.08. The highest BCUT2D eigenvalue weighted by Gasteiger charge is 2.26. The van der Waals surface area contributed by atoms with Gasteiger partial charge in [-0.3, -0.25) is 0 Å². The Labute approximate surface area is 98.5 Å². The summed E-state index contributed by atoms with van der Waals surface area (Å²) < 4.78 is 0. The molecule has 0 spiro atoms. The lowest BCUT2D eigenvalue weighted by atomic mass is 9.80. The summed E-state index contributed by atoms with van der Waals surface area (Å²) in [6.07, 6.45) is 0.714. The molecule has 0 aliphatic heterocycles. The van der Waals surface area contributed by atoms with Crippen molar-refractivity contribution < 1.29 is 5.11 Å². The third kappa shape index (κ3) is 3.06. The lowest BCUT2D eigenvalue weighted by Crippen LogP contribution is -2.39. The highest BCUT2D eigenvalue weighted by atomic mass is 16.3. The lowest BCUT2D eigenvalue weighted by molar-refractivity contribution is 0.250. The molecule has 2 heteroatoms. The lowest BCUT2D eigenvalue weighted by Gasteiger charge is -2.31. The maximum Gasteiger partial charge on any atom is 0.0437 e. The molecule has 0 aliphatic rings. The first-order valence-electron chi connectivity index (χ1n) is 5.83. The minimum absolute atomic E-state index is 0.179. The third-order valence-corrected chi connectivity index (χ3v) is 3.25. The summed E-state index contributed by atoms with van der Waals surface area (Å²) in [5.41, 5.74) is 9.68. The molecule has 0 saturated carbocycles. The van der Waals surface area contributed by atoms with Gasteiger partial charge in [0.1, 0.15) is 0 Å². The predicted octanol–water partition coefficient (Wildman–Crippen LogP) is 2.51. The second kappa shape index (κ2) is 4.98. The number of nitrogens with two attached hydrogens (primary N) is 1. The smallest absolute Gasteiger partial charge is 0.0437 e. The van der Waals surface area contributed by atoms with E-state index in [1.54, 1.807) is 0 Å². The summed E-state index contributed by atoms with van der Waals surface area (Å²) in [5, 5.41) is 9.13. The normalized spacial score (nSPS) is 13.9. The maximum atomic E-state index is 9.13. The van der Waals surface area contributed by atoms with Gasteiger partial charge in [-0.05, 0) is 50.8 Å². The average molecular weight is 221 g/mol. The second-order valence-electron chi connectivity index (χ2n) is 5.23. The number of aliphatic hydroxyl groups excluding tert-OH is 1. The fraction of sp³-hybridized carbons (Fsp3) is 0.571. The Hall–Kier alpha value is -0.860. The monoisotopic (exact) mass is 221 g/mol. The van der Waals surface area contributed by atoms with Crippen LogP contribution in [0.5, 0.6) is 0 Å². The van der Waals surface area contributed by atoms with Gasteiger partial charge in [-0.15, -0.1) is 0 Å². The Morgan fingerprint density at radius 1 is 1.25 bits per heavy atom.